The van der Waals surface area contributed by atoms with Gasteiger partial charge >= 0.3 is 5.97 Å². The Labute approximate surface area is 121 Å². The van der Waals surface area contributed by atoms with Crippen molar-refractivity contribution in [3.8, 4) is 0 Å². The van der Waals surface area contributed by atoms with Crippen LogP contribution in [0.3, 0.4) is 0 Å². The molecule has 0 radical (unpaired) electrons. The van der Waals surface area contributed by atoms with E-state index in [0.717, 1.165) is 50.0 Å². The zero-order valence-corrected chi connectivity index (χ0v) is 12.9. The van der Waals surface area contributed by atoms with Crippen molar-refractivity contribution in [1.82, 2.24) is 9.78 Å². The summed E-state index contributed by atoms with van der Waals surface area (Å²) in [4.78, 5) is 11.9. The Morgan fingerprint density at radius 2 is 2.30 bits per heavy atom. The van der Waals surface area contributed by atoms with Crippen LogP contribution in [-0.4, -0.2) is 20.9 Å². The molecule has 1 fully saturated rings. The van der Waals surface area contributed by atoms with Gasteiger partial charge in [-0.1, -0.05) is 26.7 Å². The Balaban J connectivity index is 2.28. The van der Waals surface area contributed by atoms with E-state index in [0.29, 0.717) is 12.3 Å². The number of carboxylic acid groups (broad SMARTS) is 1. The molecule has 0 aromatic carbocycles. The summed E-state index contributed by atoms with van der Waals surface area (Å²) in [6.07, 6.45) is 5.28. The van der Waals surface area contributed by atoms with Crippen molar-refractivity contribution in [3.63, 3.8) is 0 Å². The molecular weight excluding hydrogens is 252 g/mol. The molecule has 1 aliphatic carbocycles. The van der Waals surface area contributed by atoms with Crippen LogP contribution in [0.4, 0.5) is 0 Å². The van der Waals surface area contributed by atoms with Crippen LogP contribution in [0.15, 0.2) is 6.07 Å². The zero-order chi connectivity index (χ0) is 14.8. The number of rotatable bonds is 5. The van der Waals surface area contributed by atoms with E-state index in [-0.39, 0.29) is 0 Å². The number of aryl methyl sites for hydroxylation is 2. The van der Waals surface area contributed by atoms with Gasteiger partial charge in [0.15, 0.2) is 0 Å². The molecule has 2 unspecified atom stereocenters. The fraction of sp³-hybridized carbons (Fsp3) is 0.750. The van der Waals surface area contributed by atoms with Gasteiger partial charge in [0, 0.05) is 18.7 Å². The average molecular weight is 278 g/mol. The van der Waals surface area contributed by atoms with Crippen molar-refractivity contribution in [1.29, 1.82) is 0 Å². The van der Waals surface area contributed by atoms with Gasteiger partial charge in [-0.15, -0.1) is 0 Å². The summed E-state index contributed by atoms with van der Waals surface area (Å²) in [7, 11) is 0. The first-order valence-electron chi connectivity index (χ1n) is 7.79. The van der Waals surface area contributed by atoms with Gasteiger partial charge in [-0.3, -0.25) is 9.48 Å². The molecule has 2 atom stereocenters. The highest BCUT2D eigenvalue weighted by molar-refractivity contribution is 5.75. The van der Waals surface area contributed by atoms with Gasteiger partial charge in [0.1, 0.15) is 0 Å². The first kappa shape index (κ1) is 15.1. The van der Waals surface area contributed by atoms with Crippen LogP contribution in [0.1, 0.15) is 57.8 Å². The van der Waals surface area contributed by atoms with E-state index in [4.69, 9.17) is 0 Å². The van der Waals surface area contributed by atoms with E-state index in [1.165, 1.54) is 0 Å². The Bertz CT molecular complexity index is 481. The van der Waals surface area contributed by atoms with Gasteiger partial charge < -0.3 is 5.11 Å². The van der Waals surface area contributed by atoms with E-state index in [1.807, 2.05) is 4.68 Å². The van der Waals surface area contributed by atoms with Crippen molar-refractivity contribution < 1.29 is 9.90 Å². The van der Waals surface area contributed by atoms with Crippen molar-refractivity contribution in [3.05, 3.63) is 17.5 Å². The molecule has 0 spiro atoms. The van der Waals surface area contributed by atoms with Crippen LogP contribution >= 0.6 is 0 Å². The third kappa shape index (κ3) is 2.89. The van der Waals surface area contributed by atoms with E-state index in [2.05, 4.69) is 31.9 Å². The average Bonchev–Trinajstić information content (AvgIpc) is 2.80. The Hall–Kier alpha value is -1.32. The molecule has 0 amide bonds. The van der Waals surface area contributed by atoms with E-state index >= 15 is 0 Å². The van der Waals surface area contributed by atoms with E-state index in [9.17, 15) is 9.90 Å². The molecule has 112 valence electrons. The molecular formula is C16H26N2O2. The summed E-state index contributed by atoms with van der Waals surface area (Å²) in [6.45, 7) is 7.13. The van der Waals surface area contributed by atoms with Gasteiger partial charge in [-0.05, 0) is 38.2 Å². The lowest BCUT2D eigenvalue weighted by molar-refractivity contribution is -0.152. The predicted octanol–water partition coefficient (Wildman–Crippen LogP) is 3.29. The summed E-state index contributed by atoms with van der Waals surface area (Å²) < 4.78 is 1.97. The van der Waals surface area contributed by atoms with Crippen LogP contribution in [0, 0.1) is 11.3 Å². The number of nitrogens with zero attached hydrogens (tertiary/aromatic N) is 2. The third-order valence-electron chi connectivity index (χ3n) is 4.64. The monoisotopic (exact) mass is 278 g/mol. The molecule has 1 N–H and O–H groups in total. The molecule has 0 saturated heterocycles. The minimum absolute atomic E-state index is 0.503. The predicted molar refractivity (Wildman–Crippen MR) is 78.7 cm³/mol. The number of carboxylic acids is 1. The van der Waals surface area contributed by atoms with Gasteiger partial charge in [0.2, 0.25) is 0 Å². The Morgan fingerprint density at radius 3 is 2.85 bits per heavy atom. The quantitative estimate of drug-likeness (QED) is 0.899. The lowest BCUT2D eigenvalue weighted by atomic mass is 9.67. The molecule has 4 heteroatoms. The maximum atomic E-state index is 11.9. The van der Waals surface area contributed by atoms with Crippen LogP contribution in [0.5, 0.6) is 0 Å². The SMILES string of the molecule is CCc1cc(CC2(C(=O)O)CCCC(C)C2)n(CC)n1. The highest BCUT2D eigenvalue weighted by atomic mass is 16.4. The minimum Gasteiger partial charge on any atom is -0.481 e. The smallest absolute Gasteiger partial charge is 0.310 e. The molecule has 1 aliphatic rings. The normalized spacial score (nSPS) is 26.6. The highest BCUT2D eigenvalue weighted by Crippen LogP contribution is 2.42. The maximum Gasteiger partial charge on any atom is 0.310 e. The fourth-order valence-electron chi connectivity index (χ4n) is 3.54. The van der Waals surface area contributed by atoms with Gasteiger partial charge in [-0.25, -0.2) is 0 Å². The molecule has 1 heterocycles. The number of carbonyl (C=O) groups is 1. The molecule has 4 nitrogen and oxygen atoms in total. The standard InChI is InChI=1S/C16H26N2O2/c1-4-13-9-14(18(5-2)17-13)11-16(15(19)20)8-6-7-12(3)10-16/h9,12H,4-8,10-11H2,1-3H3,(H,19,20). The van der Waals surface area contributed by atoms with Crippen molar-refractivity contribution >= 4 is 5.97 Å². The highest BCUT2D eigenvalue weighted by Gasteiger charge is 2.42. The molecule has 1 aromatic rings. The van der Waals surface area contributed by atoms with Gasteiger partial charge in [0.05, 0.1) is 11.1 Å². The van der Waals surface area contributed by atoms with Gasteiger partial charge in [0.25, 0.3) is 0 Å². The fourth-order valence-corrected chi connectivity index (χ4v) is 3.54. The number of aromatic nitrogens is 2. The molecule has 0 aliphatic heterocycles. The number of hydrogen-bond acceptors (Lipinski definition) is 2. The van der Waals surface area contributed by atoms with Crippen LogP contribution < -0.4 is 0 Å². The van der Waals surface area contributed by atoms with E-state index < -0.39 is 11.4 Å². The lowest BCUT2D eigenvalue weighted by Gasteiger charge is -2.36. The van der Waals surface area contributed by atoms with Gasteiger partial charge in [-0.2, -0.15) is 5.10 Å². The Kier molecular flexibility index (Phi) is 4.51. The number of hydrogen-bond donors (Lipinski definition) is 1. The summed E-state index contributed by atoms with van der Waals surface area (Å²) in [5.74, 6) is -0.130. The molecule has 20 heavy (non-hydrogen) atoms. The summed E-state index contributed by atoms with van der Waals surface area (Å²) in [5, 5.41) is 14.3. The third-order valence-corrected chi connectivity index (χ3v) is 4.64. The second-order valence-electron chi connectivity index (χ2n) is 6.26. The van der Waals surface area contributed by atoms with Crippen molar-refractivity contribution in [2.75, 3.05) is 0 Å². The van der Waals surface area contributed by atoms with Crippen molar-refractivity contribution in [2.24, 2.45) is 11.3 Å². The first-order chi connectivity index (χ1) is 9.50. The first-order valence-corrected chi connectivity index (χ1v) is 7.79. The van der Waals surface area contributed by atoms with E-state index in [1.54, 1.807) is 0 Å². The maximum absolute atomic E-state index is 11.9. The molecule has 0 bridgehead atoms. The zero-order valence-electron chi connectivity index (χ0n) is 12.9. The minimum atomic E-state index is -0.633. The summed E-state index contributed by atoms with van der Waals surface area (Å²) >= 11 is 0. The van der Waals surface area contributed by atoms with Crippen LogP contribution in [0.25, 0.3) is 0 Å². The largest absolute Gasteiger partial charge is 0.481 e. The molecule has 2 rings (SSSR count). The Morgan fingerprint density at radius 1 is 1.55 bits per heavy atom. The van der Waals surface area contributed by atoms with Crippen molar-refractivity contribution in [2.45, 2.75) is 65.8 Å². The second-order valence-corrected chi connectivity index (χ2v) is 6.26. The van der Waals surface area contributed by atoms with Crippen LogP contribution in [-0.2, 0) is 24.2 Å². The summed E-state index contributed by atoms with van der Waals surface area (Å²) in [6, 6.07) is 2.09. The topological polar surface area (TPSA) is 55.1 Å². The molecule has 1 saturated carbocycles. The summed E-state index contributed by atoms with van der Waals surface area (Å²) in [5.41, 5.74) is 1.56. The number of aliphatic carboxylic acids is 1. The van der Waals surface area contributed by atoms with Crippen LogP contribution in [0.2, 0.25) is 0 Å². The second kappa shape index (κ2) is 5.98. The lowest BCUT2D eigenvalue weighted by Crippen LogP contribution is -2.38. The molecule has 1 aromatic heterocycles.